The van der Waals surface area contributed by atoms with Gasteiger partial charge in [0.1, 0.15) is 0 Å². The Hall–Kier alpha value is -0.520. The third-order valence-corrected chi connectivity index (χ3v) is 2.65. The summed E-state index contributed by atoms with van der Waals surface area (Å²) in [7, 11) is 0. The summed E-state index contributed by atoms with van der Waals surface area (Å²) in [4.78, 5) is 0. The molecule has 2 heteroatoms. The first-order chi connectivity index (χ1) is 6.65. The van der Waals surface area contributed by atoms with Gasteiger partial charge in [-0.25, -0.2) is 0 Å². The van der Waals surface area contributed by atoms with E-state index in [1.165, 1.54) is 0 Å². The molecule has 0 rings (SSSR count). The van der Waals surface area contributed by atoms with Gasteiger partial charge in [-0.1, -0.05) is 33.1 Å². The van der Waals surface area contributed by atoms with Crippen LogP contribution in [0.1, 0.15) is 33.6 Å². The van der Waals surface area contributed by atoms with Gasteiger partial charge in [-0.3, -0.25) is 0 Å². The van der Waals surface area contributed by atoms with Crippen molar-refractivity contribution >= 4 is 0 Å². The molecule has 14 heavy (non-hydrogen) atoms. The zero-order chi connectivity index (χ0) is 11.0. The van der Waals surface area contributed by atoms with Gasteiger partial charge in [-0.05, 0) is 24.8 Å². The molecule has 0 saturated heterocycles. The summed E-state index contributed by atoms with van der Waals surface area (Å²) in [5, 5.41) is 3.39. The van der Waals surface area contributed by atoms with Gasteiger partial charge in [-0.2, -0.15) is 0 Å². The SMILES string of the molecule is C#CC(CCC)NCC(CN)C(C)C. The Balaban J connectivity index is 3.83. The largest absolute Gasteiger partial charge is 0.330 e. The van der Waals surface area contributed by atoms with E-state index < -0.39 is 0 Å². The topological polar surface area (TPSA) is 38.0 Å². The minimum atomic E-state index is 0.216. The van der Waals surface area contributed by atoms with Crippen molar-refractivity contribution in [3.05, 3.63) is 0 Å². The third kappa shape index (κ3) is 5.26. The zero-order valence-electron chi connectivity index (χ0n) is 9.72. The molecule has 2 atom stereocenters. The molecule has 82 valence electrons. The van der Waals surface area contributed by atoms with E-state index in [4.69, 9.17) is 12.2 Å². The van der Waals surface area contributed by atoms with E-state index >= 15 is 0 Å². The summed E-state index contributed by atoms with van der Waals surface area (Å²) in [5.74, 6) is 3.92. The highest BCUT2D eigenvalue weighted by atomic mass is 14.9. The first kappa shape index (κ1) is 13.5. The van der Waals surface area contributed by atoms with Gasteiger partial charge >= 0.3 is 0 Å². The standard InChI is InChI=1S/C12H24N2/c1-5-7-12(6-2)14-9-11(8-13)10(3)4/h2,10-12,14H,5,7-9,13H2,1,3-4H3. The molecule has 2 nitrogen and oxygen atoms in total. The minimum Gasteiger partial charge on any atom is -0.330 e. The number of nitrogens with one attached hydrogen (secondary N) is 1. The van der Waals surface area contributed by atoms with Crippen LogP contribution in [-0.4, -0.2) is 19.1 Å². The smallest absolute Gasteiger partial charge is 0.0686 e. The van der Waals surface area contributed by atoms with Gasteiger partial charge in [0.25, 0.3) is 0 Å². The van der Waals surface area contributed by atoms with Crippen molar-refractivity contribution in [2.45, 2.75) is 39.7 Å². The van der Waals surface area contributed by atoms with Gasteiger partial charge in [0.2, 0.25) is 0 Å². The molecule has 0 radical (unpaired) electrons. The highest BCUT2D eigenvalue weighted by Gasteiger charge is 2.12. The summed E-state index contributed by atoms with van der Waals surface area (Å²) in [6, 6.07) is 0.216. The Bertz CT molecular complexity index is 170. The number of nitrogens with two attached hydrogens (primary N) is 1. The molecule has 0 bridgehead atoms. The van der Waals surface area contributed by atoms with Crippen LogP contribution in [0.2, 0.25) is 0 Å². The molecule has 0 fully saturated rings. The van der Waals surface area contributed by atoms with Crippen molar-refractivity contribution in [2.24, 2.45) is 17.6 Å². The molecule has 3 N–H and O–H groups in total. The van der Waals surface area contributed by atoms with E-state index in [1.54, 1.807) is 0 Å². The molecule has 0 aliphatic rings. The molecule has 0 aliphatic heterocycles. The Morgan fingerprint density at radius 3 is 2.43 bits per heavy atom. The van der Waals surface area contributed by atoms with E-state index in [-0.39, 0.29) is 6.04 Å². The Morgan fingerprint density at radius 2 is 2.07 bits per heavy atom. The molecule has 0 spiro atoms. The lowest BCUT2D eigenvalue weighted by Crippen LogP contribution is -2.37. The van der Waals surface area contributed by atoms with E-state index in [1.807, 2.05) is 0 Å². The molecule has 2 unspecified atom stereocenters. The fourth-order valence-corrected chi connectivity index (χ4v) is 1.42. The first-order valence-electron chi connectivity index (χ1n) is 5.55. The molecule has 0 aromatic rings. The lowest BCUT2D eigenvalue weighted by molar-refractivity contribution is 0.359. The van der Waals surface area contributed by atoms with Crippen molar-refractivity contribution in [1.29, 1.82) is 0 Å². The molecule has 0 amide bonds. The van der Waals surface area contributed by atoms with E-state index in [0.29, 0.717) is 11.8 Å². The van der Waals surface area contributed by atoms with Crippen LogP contribution < -0.4 is 11.1 Å². The zero-order valence-corrected chi connectivity index (χ0v) is 9.72. The Morgan fingerprint density at radius 1 is 1.43 bits per heavy atom. The quantitative estimate of drug-likeness (QED) is 0.607. The van der Waals surface area contributed by atoms with Gasteiger partial charge in [0, 0.05) is 6.54 Å². The molecule has 0 aliphatic carbocycles. The molecular formula is C12H24N2. The summed E-state index contributed by atoms with van der Waals surface area (Å²) in [6.07, 6.45) is 7.59. The number of hydrogen-bond donors (Lipinski definition) is 2. The van der Waals surface area contributed by atoms with E-state index in [0.717, 1.165) is 25.9 Å². The maximum atomic E-state index is 5.68. The minimum absolute atomic E-state index is 0.216. The summed E-state index contributed by atoms with van der Waals surface area (Å²) >= 11 is 0. The maximum Gasteiger partial charge on any atom is 0.0686 e. The number of hydrogen-bond acceptors (Lipinski definition) is 2. The Kier molecular flexibility index (Phi) is 7.55. The van der Waals surface area contributed by atoms with Crippen molar-refractivity contribution in [3.63, 3.8) is 0 Å². The van der Waals surface area contributed by atoms with Crippen LogP contribution in [0.4, 0.5) is 0 Å². The van der Waals surface area contributed by atoms with E-state index in [9.17, 15) is 0 Å². The normalized spacial score (nSPS) is 15.1. The second kappa shape index (κ2) is 7.84. The summed E-state index contributed by atoms with van der Waals surface area (Å²) in [6.45, 7) is 8.21. The Labute approximate surface area is 88.6 Å². The highest BCUT2D eigenvalue weighted by molar-refractivity contribution is 4.98. The fourth-order valence-electron chi connectivity index (χ4n) is 1.42. The molecule has 0 saturated carbocycles. The molecular weight excluding hydrogens is 172 g/mol. The van der Waals surface area contributed by atoms with Crippen molar-refractivity contribution in [2.75, 3.05) is 13.1 Å². The van der Waals surface area contributed by atoms with Crippen LogP contribution in [0.5, 0.6) is 0 Å². The lowest BCUT2D eigenvalue weighted by atomic mass is 9.95. The molecule has 0 aromatic carbocycles. The monoisotopic (exact) mass is 196 g/mol. The highest BCUT2D eigenvalue weighted by Crippen LogP contribution is 2.08. The summed E-state index contributed by atoms with van der Waals surface area (Å²) < 4.78 is 0. The van der Waals surface area contributed by atoms with Crippen LogP contribution in [0.3, 0.4) is 0 Å². The van der Waals surface area contributed by atoms with Crippen LogP contribution in [-0.2, 0) is 0 Å². The fraction of sp³-hybridized carbons (Fsp3) is 0.833. The molecule has 0 heterocycles. The lowest BCUT2D eigenvalue weighted by Gasteiger charge is -2.21. The predicted octanol–water partition coefficient (Wildman–Crippen LogP) is 1.61. The van der Waals surface area contributed by atoms with Gasteiger partial charge in [0.05, 0.1) is 6.04 Å². The molecule has 0 aromatic heterocycles. The van der Waals surface area contributed by atoms with Crippen LogP contribution >= 0.6 is 0 Å². The maximum absolute atomic E-state index is 5.68. The first-order valence-corrected chi connectivity index (χ1v) is 5.55. The van der Waals surface area contributed by atoms with Crippen LogP contribution in [0.25, 0.3) is 0 Å². The van der Waals surface area contributed by atoms with Crippen molar-refractivity contribution < 1.29 is 0 Å². The van der Waals surface area contributed by atoms with Crippen LogP contribution in [0, 0.1) is 24.2 Å². The van der Waals surface area contributed by atoms with Crippen molar-refractivity contribution in [3.8, 4) is 12.3 Å². The van der Waals surface area contributed by atoms with E-state index in [2.05, 4.69) is 32.0 Å². The van der Waals surface area contributed by atoms with Gasteiger partial charge < -0.3 is 11.1 Å². The second-order valence-electron chi connectivity index (χ2n) is 4.16. The summed E-state index contributed by atoms with van der Waals surface area (Å²) in [5.41, 5.74) is 5.68. The average Bonchev–Trinajstić information content (AvgIpc) is 2.16. The number of terminal acetylenes is 1. The third-order valence-electron chi connectivity index (χ3n) is 2.65. The average molecular weight is 196 g/mol. The van der Waals surface area contributed by atoms with Crippen LogP contribution in [0.15, 0.2) is 0 Å². The second-order valence-corrected chi connectivity index (χ2v) is 4.16. The number of rotatable bonds is 7. The predicted molar refractivity (Wildman–Crippen MR) is 62.9 cm³/mol. The van der Waals surface area contributed by atoms with Gasteiger partial charge in [0.15, 0.2) is 0 Å². The van der Waals surface area contributed by atoms with Crippen molar-refractivity contribution in [1.82, 2.24) is 5.32 Å². The van der Waals surface area contributed by atoms with Gasteiger partial charge in [-0.15, -0.1) is 6.42 Å².